The van der Waals surface area contributed by atoms with Crippen LogP contribution in [0.5, 0.6) is 5.75 Å². The normalized spacial score (nSPS) is 17.6. The Labute approximate surface area is 117 Å². The molecule has 0 saturated carbocycles. The summed E-state index contributed by atoms with van der Waals surface area (Å²) in [5.41, 5.74) is 2.66. The second-order valence-electron chi connectivity index (χ2n) is 5.15. The van der Waals surface area contributed by atoms with E-state index in [1.165, 1.54) is 11.6 Å². The van der Waals surface area contributed by atoms with E-state index in [0.29, 0.717) is 11.3 Å². The predicted octanol–water partition coefficient (Wildman–Crippen LogP) is 3.77. The molecule has 0 amide bonds. The van der Waals surface area contributed by atoms with Gasteiger partial charge in [-0.25, -0.2) is 4.39 Å². The minimum Gasteiger partial charge on any atom is -0.489 e. The van der Waals surface area contributed by atoms with Gasteiger partial charge in [-0.2, -0.15) is 0 Å². The molecule has 20 heavy (non-hydrogen) atoms. The third-order valence-corrected chi connectivity index (χ3v) is 3.75. The van der Waals surface area contributed by atoms with Crippen molar-refractivity contribution in [2.24, 2.45) is 0 Å². The molecule has 1 atom stereocenters. The number of halogens is 1. The molecule has 3 rings (SSSR count). The van der Waals surface area contributed by atoms with Crippen LogP contribution >= 0.6 is 0 Å². The zero-order valence-corrected chi connectivity index (χ0v) is 11.2. The van der Waals surface area contributed by atoms with Gasteiger partial charge < -0.3 is 9.84 Å². The average molecular weight is 272 g/mol. The molecule has 2 nitrogen and oxygen atoms in total. The van der Waals surface area contributed by atoms with Gasteiger partial charge in [0.05, 0.1) is 6.10 Å². The van der Waals surface area contributed by atoms with Crippen molar-refractivity contribution < 1.29 is 14.2 Å². The zero-order chi connectivity index (χ0) is 13.9. The highest BCUT2D eigenvalue weighted by Crippen LogP contribution is 2.32. The van der Waals surface area contributed by atoms with E-state index in [1.807, 2.05) is 18.2 Å². The Balaban J connectivity index is 1.75. The molecule has 1 aliphatic carbocycles. The Morgan fingerprint density at radius 2 is 2.05 bits per heavy atom. The first-order valence-corrected chi connectivity index (χ1v) is 6.91. The van der Waals surface area contributed by atoms with Gasteiger partial charge in [0, 0.05) is 5.56 Å². The highest BCUT2D eigenvalue weighted by molar-refractivity contribution is 5.38. The maximum Gasteiger partial charge on any atom is 0.129 e. The maximum atomic E-state index is 13.5. The van der Waals surface area contributed by atoms with E-state index in [9.17, 15) is 9.50 Å². The van der Waals surface area contributed by atoms with Crippen LogP contribution in [-0.2, 0) is 13.0 Å². The third-order valence-electron chi connectivity index (χ3n) is 3.75. The van der Waals surface area contributed by atoms with Crippen LogP contribution in [0.3, 0.4) is 0 Å². The summed E-state index contributed by atoms with van der Waals surface area (Å²) >= 11 is 0. The van der Waals surface area contributed by atoms with E-state index in [4.69, 9.17) is 4.74 Å². The molecule has 0 unspecified atom stereocenters. The summed E-state index contributed by atoms with van der Waals surface area (Å²) in [4.78, 5) is 0. The highest BCUT2D eigenvalue weighted by atomic mass is 19.1. The van der Waals surface area contributed by atoms with Crippen molar-refractivity contribution in [3.63, 3.8) is 0 Å². The first kappa shape index (κ1) is 13.1. The molecule has 3 heteroatoms. The second-order valence-corrected chi connectivity index (χ2v) is 5.15. The first-order chi connectivity index (χ1) is 9.74. The van der Waals surface area contributed by atoms with E-state index in [2.05, 4.69) is 0 Å². The molecule has 1 aliphatic rings. The van der Waals surface area contributed by atoms with Crippen molar-refractivity contribution in [1.82, 2.24) is 0 Å². The fraction of sp³-hybridized carbons (Fsp3) is 0.294. The molecule has 0 aromatic heterocycles. The SMILES string of the molecule is O[C@H]1CCCc2ccc(OCc3ccccc3F)cc21. The second kappa shape index (κ2) is 5.63. The number of ether oxygens (including phenoxy) is 1. The first-order valence-electron chi connectivity index (χ1n) is 6.91. The lowest BCUT2D eigenvalue weighted by atomic mass is 9.89. The number of fused-ring (bicyclic) bond motifs is 1. The lowest BCUT2D eigenvalue weighted by Crippen LogP contribution is -2.09. The van der Waals surface area contributed by atoms with E-state index in [-0.39, 0.29) is 12.4 Å². The molecule has 0 aliphatic heterocycles. The van der Waals surface area contributed by atoms with Crippen molar-refractivity contribution in [1.29, 1.82) is 0 Å². The smallest absolute Gasteiger partial charge is 0.129 e. The highest BCUT2D eigenvalue weighted by Gasteiger charge is 2.18. The van der Waals surface area contributed by atoms with Crippen molar-refractivity contribution in [2.45, 2.75) is 32.0 Å². The lowest BCUT2D eigenvalue weighted by Gasteiger charge is -2.22. The zero-order valence-electron chi connectivity index (χ0n) is 11.2. The largest absolute Gasteiger partial charge is 0.489 e. The minimum atomic E-state index is -0.407. The topological polar surface area (TPSA) is 29.5 Å². The molecule has 0 heterocycles. The summed E-state index contributed by atoms with van der Waals surface area (Å²) in [7, 11) is 0. The van der Waals surface area contributed by atoms with Crippen LogP contribution in [0.2, 0.25) is 0 Å². The fourth-order valence-electron chi connectivity index (χ4n) is 2.62. The van der Waals surface area contributed by atoms with Gasteiger partial charge in [0.2, 0.25) is 0 Å². The van der Waals surface area contributed by atoms with E-state index < -0.39 is 6.10 Å². The molecule has 2 aromatic carbocycles. The molecule has 2 aromatic rings. The molecule has 1 N–H and O–H groups in total. The van der Waals surface area contributed by atoms with Gasteiger partial charge in [-0.3, -0.25) is 0 Å². The lowest BCUT2D eigenvalue weighted by molar-refractivity contribution is 0.156. The van der Waals surface area contributed by atoms with Gasteiger partial charge in [0.1, 0.15) is 18.2 Å². The van der Waals surface area contributed by atoms with E-state index >= 15 is 0 Å². The number of rotatable bonds is 3. The summed E-state index contributed by atoms with van der Waals surface area (Å²) in [5.74, 6) is 0.415. The Morgan fingerprint density at radius 1 is 1.20 bits per heavy atom. The maximum absolute atomic E-state index is 13.5. The standard InChI is InChI=1S/C17H17FO2/c18-16-6-2-1-4-13(16)11-20-14-9-8-12-5-3-7-17(19)15(12)10-14/h1-2,4,6,8-10,17,19H,3,5,7,11H2/t17-/m0/s1. The summed E-state index contributed by atoms with van der Waals surface area (Å²) < 4.78 is 19.1. The number of benzene rings is 2. The summed E-state index contributed by atoms with van der Waals surface area (Å²) in [6.45, 7) is 0.196. The van der Waals surface area contributed by atoms with Crippen molar-refractivity contribution >= 4 is 0 Å². The van der Waals surface area contributed by atoms with E-state index in [0.717, 1.165) is 24.8 Å². The van der Waals surface area contributed by atoms with Crippen LogP contribution < -0.4 is 4.74 Å². The van der Waals surface area contributed by atoms with Crippen LogP contribution in [-0.4, -0.2) is 5.11 Å². The molecule has 0 saturated heterocycles. The van der Waals surface area contributed by atoms with Crippen molar-refractivity contribution in [3.05, 3.63) is 65.0 Å². The van der Waals surface area contributed by atoms with E-state index in [1.54, 1.807) is 18.2 Å². The third kappa shape index (κ3) is 2.68. The molecule has 0 fully saturated rings. The number of aliphatic hydroxyl groups is 1. The molecule has 0 bridgehead atoms. The number of hydrogen-bond acceptors (Lipinski definition) is 2. The Morgan fingerprint density at radius 3 is 2.90 bits per heavy atom. The molecule has 104 valence electrons. The monoisotopic (exact) mass is 272 g/mol. The van der Waals surface area contributed by atoms with Gasteiger partial charge in [0.15, 0.2) is 0 Å². The Hall–Kier alpha value is -1.87. The predicted molar refractivity (Wildman–Crippen MR) is 75.1 cm³/mol. The number of aryl methyl sites for hydroxylation is 1. The van der Waals surface area contributed by atoms with Gasteiger partial charge in [0.25, 0.3) is 0 Å². The van der Waals surface area contributed by atoms with Crippen molar-refractivity contribution in [3.8, 4) is 5.75 Å². The van der Waals surface area contributed by atoms with Crippen LogP contribution in [0.1, 0.15) is 35.6 Å². The number of aliphatic hydroxyl groups excluding tert-OH is 1. The van der Waals surface area contributed by atoms with Gasteiger partial charge >= 0.3 is 0 Å². The number of hydrogen-bond donors (Lipinski definition) is 1. The molecular formula is C17H17FO2. The average Bonchev–Trinajstić information content (AvgIpc) is 2.47. The Kier molecular flexibility index (Phi) is 3.70. The van der Waals surface area contributed by atoms with Crippen LogP contribution in [0.15, 0.2) is 42.5 Å². The van der Waals surface area contributed by atoms with Gasteiger partial charge in [-0.1, -0.05) is 24.3 Å². The fourth-order valence-corrected chi connectivity index (χ4v) is 2.62. The van der Waals surface area contributed by atoms with Crippen LogP contribution in [0.25, 0.3) is 0 Å². The molecule has 0 spiro atoms. The van der Waals surface area contributed by atoms with Crippen LogP contribution in [0.4, 0.5) is 4.39 Å². The molecule has 0 radical (unpaired) electrons. The quantitative estimate of drug-likeness (QED) is 0.921. The molecular weight excluding hydrogens is 255 g/mol. The minimum absolute atomic E-state index is 0.196. The summed E-state index contributed by atoms with van der Waals surface area (Å²) in [6.07, 6.45) is 2.41. The van der Waals surface area contributed by atoms with Crippen LogP contribution in [0, 0.1) is 5.82 Å². The van der Waals surface area contributed by atoms with Gasteiger partial charge in [-0.05, 0) is 48.6 Å². The summed E-state index contributed by atoms with van der Waals surface area (Å²) in [5, 5.41) is 10.00. The van der Waals surface area contributed by atoms with Gasteiger partial charge in [-0.15, -0.1) is 0 Å². The Bertz CT molecular complexity index is 610. The van der Waals surface area contributed by atoms with Crippen molar-refractivity contribution in [2.75, 3.05) is 0 Å². The summed E-state index contributed by atoms with van der Waals surface area (Å²) in [6, 6.07) is 12.3.